The Morgan fingerprint density at radius 1 is 1.56 bits per heavy atom. The molecule has 1 aromatic rings. The molecule has 2 unspecified atom stereocenters. The first-order valence-electron chi connectivity index (χ1n) is 6.71. The largest absolute Gasteiger partial charge is 0.376 e. The predicted octanol–water partition coefficient (Wildman–Crippen LogP) is 1.18. The Morgan fingerprint density at radius 3 is 2.94 bits per heavy atom. The summed E-state index contributed by atoms with van der Waals surface area (Å²) >= 11 is 0. The van der Waals surface area contributed by atoms with Gasteiger partial charge in [0.05, 0.1) is 30.8 Å². The van der Waals surface area contributed by atoms with Crippen molar-refractivity contribution >= 4 is 0 Å². The summed E-state index contributed by atoms with van der Waals surface area (Å²) < 4.78 is 7.80. The molecule has 102 valence electrons. The second kappa shape index (κ2) is 5.82. The van der Waals surface area contributed by atoms with E-state index in [1.54, 1.807) is 0 Å². The second-order valence-electron chi connectivity index (χ2n) is 5.25. The molecule has 5 heteroatoms. The third-order valence-corrected chi connectivity index (χ3v) is 3.53. The summed E-state index contributed by atoms with van der Waals surface area (Å²) in [5, 5.41) is 0. The Bertz CT molecular complexity index is 377. The van der Waals surface area contributed by atoms with Crippen LogP contribution in [0.25, 0.3) is 0 Å². The van der Waals surface area contributed by atoms with Gasteiger partial charge in [-0.2, -0.15) is 0 Å². The lowest BCUT2D eigenvalue weighted by molar-refractivity contribution is -0.0344. The van der Waals surface area contributed by atoms with E-state index < -0.39 is 0 Å². The number of nitrogens with two attached hydrogens (primary N) is 1. The highest BCUT2D eigenvalue weighted by Crippen LogP contribution is 2.24. The van der Waals surface area contributed by atoms with Crippen LogP contribution in [0.2, 0.25) is 0 Å². The number of rotatable bonds is 4. The van der Waals surface area contributed by atoms with Crippen LogP contribution in [0.5, 0.6) is 0 Å². The smallest absolute Gasteiger partial charge is 0.0951 e. The lowest BCUT2D eigenvalue weighted by Gasteiger charge is -2.37. The molecule has 1 aliphatic rings. The van der Waals surface area contributed by atoms with Crippen LogP contribution in [0.4, 0.5) is 0 Å². The van der Waals surface area contributed by atoms with Crippen molar-refractivity contribution in [2.45, 2.75) is 39.0 Å². The number of hydrogen-bond donors (Lipinski definition) is 1. The maximum absolute atomic E-state index is 5.99. The summed E-state index contributed by atoms with van der Waals surface area (Å²) in [7, 11) is 0. The van der Waals surface area contributed by atoms with Gasteiger partial charge in [0, 0.05) is 31.9 Å². The number of aromatic nitrogens is 2. The third-order valence-electron chi connectivity index (χ3n) is 3.53. The van der Waals surface area contributed by atoms with Crippen molar-refractivity contribution in [2.24, 2.45) is 5.73 Å². The summed E-state index contributed by atoms with van der Waals surface area (Å²) in [4.78, 5) is 6.68. The van der Waals surface area contributed by atoms with Crippen molar-refractivity contribution < 1.29 is 4.74 Å². The van der Waals surface area contributed by atoms with Crippen molar-refractivity contribution in [3.63, 3.8) is 0 Å². The first-order chi connectivity index (χ1) is 8.63. The molecule has 1 fully saturated rings. The fraction of sp³-hybridized carbons (Fsp3) is 0.769. The Kier molecular flexibility index (Phi) is 4.37. The molecule has 0 spiro atoms. The minimum Gasteiger partial charge on any atom is -0.376 e. The van der Waals surface area contributed by atoms with Gasteiger partial charge in [0.2, 0.25) is 0 Å². The van der Waals surface area contributed by atoms with Gasteiger partial charge < -0.3 is 15.0 Å². The Balaban J connectivity index is 2.19. The van der Waals surface area contributed by atoms with E-state index in [0.717, 1.165) is 19.7 Å². The van der Waals surface area contributed by atoms with Crippen LogP contribution < -0.4 is 5.73 Å². The minimum absolute atomic E-state index is 0.237. The molecule has 18 heavy (non-hydrogen) atoms. The van der Waals surface area contributed by atoms with E-state index in [-0.39, 0.29) is 12.1 Å². The molecule has 2 rings (SSSR count). The summed E-state index contributed by atoms with van der Waals surface area (Å²) in [6, 6.07) is 0.649. The topological polar surface area (TPSA) is 56.3 Å². The monoisotopic (exact) mass is 252 g/mol. The van der Waals surface area contributed by atoms with Crippen molar-refractivity contribution in [3.05, 3.63) is 18.2 Å². The minimum atomic E-state index is 0.237. The molecule has 2 heterocycles. The van der Waals surface area contributed by atoms with Crippen molar-refractivity contribution in [1.82, 2.24) is 14.5 Å². The average molecular weight is 252 g/mol. The van der Waals surface area contributed by atoms with Gasteiger partial charge in [-0.15, -0.1) is 0 Å². The molecule has 0 radical (unpaired) electrons. The van der Waals surface area contributed by atoms with Crippen LogP contribution >= 0.6 is 0 Å². The van der Waals surface area contributed by atoms with Gasteiger partial charge in [0.25, 0.3) is 0 Å². The van der Waals surface area contributed by atoms with Crippen LogP contribution in [-0.2, 0) is 4.74 Å². The van der Waals surface area contributed by atoms with Gasteiger partial charge in [0.1, 0.15) is 0 Å². The van der Waals surface area contributed by atoms with Gasteiger partial charge in [-0.1, -0.05) is 0 Å². The van der Waals surface area contributed by atoms with Crippen LogP contribution in [0.15, 0.2) is 12.5 Å². The summed E-state index contributed by atoms with van der Waals surface area (Å²) in [5.74, 6) is 0. The van der Waals surface area contributed by atoms with Crippen molar-refractivity contribution in [1.29, 1.82) is 0 Å². The zero-order valence-corrected chi connectivity index (χ0v) is 11.5. The van der Waals surface area contributed by atoms with Gasteiger partial charge in [-0.25, -0.2) is 4.98 Å². The number of imidazole rings is 1. The van der Waals surface area contributed by atoms with Crippen molar-refractivity contribution in [2.75, 3.05) is 26.2 Å². The fourth-order valence-electron chi connectivity index (χ4n) is 2.59. The van der Waals surface area contributed by atoms with E-state index >= 15 is 0 Å². The normalized spacial score (nSPS) is 23.5. The lowest BCUT2D eigenvalue weighted by atomic mass is 10.1. The Morgan fingerprint density at radius 2 is 2.33 bits per heavy atom. The zero-order valence-electron chi connectivity index (χ0n) is 11.5. The van der Waals surface area contributed by atoms with Crippen molar-refractivity contribution in [3.8, 4) is 0 Å². The van der Waals surface area contributed by atoms with Crippen LogP contribution in [0, 0.1) is 0 Å². The molecule has 1 aromatic heterocycles. The molecular weight excluding hydrogens is 228 g/mol. The molecule has 2 atom stereocenters. The highest BCUT2D eigenvalue weighted by molar-refractivity contribution is 5.08. The van der Waals surface area contributed by atoms with Crippen LogP contribution in [0.3, 0.4) is 0 Å². The van der Waals surface area contributed by atoms with Gasteiger partial charge in [0.15, 0.2) is 0 Å². The van der Waals surface area contributed by atoms with Gasteiger partial charge >= 0.3 is 0 Å². The number of ether oxygens (including phenoxy) is 1. The Labute approximate surface area is 109 Å². The van der Waals surface area contributed by atoms with E-state index in [1.807, 2.05) is 12.5 Å². The fourth-order valence-corrected chi connectivity index (χ4v) is 2.59. The standard InChI is InChI=1S/C13H24N4O/c1-10(2)17-9-15-7-13(17)12(6-14)16-4-5-18-11(3)8-16/h7,9-12H,4-6,8,14H2,1-3H3. The zero-order chi connectivity index (χ0) is 13.1. The quantitative estimate of drug-likeness (QED) is 0.874. The average Bonchev–Trinajstić information content (AvgIpc) is 2.79. The molecule has 0 bridgehead atoms. The SMILES string of the molecule is CC1CN(C(CN)c2cncn2C(C)C)CCO1. The van der Waals surface area contributed by atoms with Crippen LogP contribution in [0.1, 0.15) is 38.5 Å². The molecule has 0 amide bonds. The third kappa shape index (κ3) is 2.74. The van der Waals surface area contributed by atoms with Gasteiger partial charge in [-0.3, -0.25) is 4.90 Å². The van der Waals surface area contributed by atoms with E-state index in [2.05, 4.69) is 35.2 Å². The summed E-state index contributed by atoms with van der Waals surface area (Å²) in [6.45, 7) is 9.72. The first kappa shape index (κ1) is 13.5. The molecule has 5 nitrogen and oxygen atoms in total. The van der Waals surface area contributed by atoms with Gasteiger partial charge in [-0.05, 0) is 20.8 Å². The second-order valence-corrected chi connectivity index (χ2v) is 5.25. The van der Waals surface area contributed by atoms with E-state index in [9.17, 15) is 0 Å². The molecule has 0 aromatic carbocycles. The summed E-state index contributed by atoms with van der Waals surface area (Å²) in [5.41, 5.74) is 7.20. The predicted molar refractivity (Wildman–Crippen MR) is 71.4 cm³/mol. The van der Waals surface area contributed by atoms with Crippen LogP contribution in [-0.4, -0.2) is 46.8 Å². The Hall–Kier alpha value is -0.910. The highest BCUT2D eigenvalue weighted by atomic mass is 16.5. The summed E-state index contributed by atoms with van der Waals surface area (Å²) in [6.07, 6.45) is 4.12. The maximum atomic E-state index is 5.99. The molecule has 1 saturated heterocycles. The maximum Gasteiger partial charge on any atom is 0.0951 e. The van der Waals surface area contributed by atoms with E-state index in [1.165, 1.54) is 5.69 Å². The highest BCUT2D eigenvalue weighted by Gasteiger charge is 2.27. The number of morpholine rings is 1. The molecule has 0 aliphatic carbocycles. The first-order valence-corrected chi connectivity index (χ1v) is 6.71. The van der Waals surface area contributed by atoms with E-state index in [4.69, 9.17) is 10.5 Å². The number of nitrogens with zero attached hydrogens (tertiary/aromatic N) is 3. The molecular formula is C13H24N4O. The lowest BCUT2D eigenvalue weighted by Crippen LogP contribution is -2.45. The molecule has 2 N–H and O–H groups in total. The molecule has 1 aliphatic heterocycles. The number of hydrogen-bond acceptors (Lipinski definition) is 4. The molecule has 0 saturated carbocycles. The van der Waals surface area contributed by atoms with E-state index in [0.29, 0.717) is 12.6 Å².